The molecule has 0 bridgehead atoms. The zero-order valence-electron chi connectivity index (χ0n) is 10.8. The van der Waals surface area contributed by atoms with Gasteiger partial charge in [0.05, 0.1) is 6.26 Å². The molecule has 2 heterocycles. The summed E-state index contributed by atoms with van der Waals surface area (Å²) in [6, 6.07) is 7.93. The fraction of sp³-hybridized carbons (Fsp3) is 0.429. The van der Waals surface area contributed by atoms with Crippen molar-refractivity contribution >= 4 is 0 Å². The summed E-state index contributed by atoms with van der Waals surface area (Å²) < 4.78 is 7.27. The molecule has 0 radical (unpaired) electrons. The van der Waals surface area contributed by atoms with Crippen LogP contribution in [0.4, 0.5) is 0 Å². The van der Waals surface area contributed by atoms with Crippen LogP contribution in [0, 0.1) is 0 Å². The maximum atomic E-state index is 9.95. The van der Waals surface area contributed by atoms with Crippen molar-refractivity contribution in [1.82, 2.24) is 9.88 Å². The number of rotatable bonds is 6. The summed E-state index contributed by atoms with van der Waals surface area (Å²) in [6.45, 7) is 2.87. The quantitative estimate of drug-likeness (QED) is 0.824. The molecule has 18 heavy (non-hydrogen) atoms. The number of nitrogens with one attached hydrogen (secondary N) is 1. The van der Waals surface area contributed by atoms with Crippen LogP contribution in [0.5, 0.6) is 0 Å². The van der Waals surface area contributed by atoms with E-state index in [0.717, 1.165) is 6.54 Å². The Labute approximate surface area is 107 Å². The number of furan rings is 1. The third-order valence-electron chi connectivity index (χ3n) is 3.13. The highest BCUT2D eigenvalue weighted by molar-refractivity contribution is 5.06. The molecule has 4 heteroatoms. The average molecular weight is 248 g/mol. The van der Waals surface area contributed by atoms with Crippen LogP contribution >= 0.6 is 0 Å². The minimum atomic E-state index is -0.545. The van der Waals surface area contributed by atoms with E-state index in [1.165, 1.54) is 5.69 Å². The van der Waals surface area contributed by atoms with Gasteiger partial charge < -0.3 is 19.4 Å². The van der Waals surface area contributed by atoms with Crippen molar-refractivity contribution in [3.63, 3.8) is 0 Å². The first-order valence-corrected chi connectivity index (χ1v) is 6.22. The summed E-state index contributed by atoms with van der Waals surface area (Å²) in [5.74, 6) is 0.627. The topological polar surface area (TPSA) is 50.3 Å². The van der Waals surface area contributed by atoms with E-state index in [1.807, 2.05) is 19.3 Å². The molecule has 98 valence electrons. The Bertz CT molecular complexity index is 462. The molecular weight excluding hydrogens is 228 g/mol. The highest BCUT2D eigenvalue weighted by Gasteiger charge is 2.14. The van der Waals surface area contributed by atoms with Gasteiger partial charge in [-0.2, -0.15) is 0 Å². The van der Waals surface area contributed by atoms with Crippen molar-refractivity contribution in [2.24, 2.45) is 7.05 Å². The van der Waals surface area contributed by atoms with Crippen LogP contribution in [0.1, 0.15) is 30.9 Å². The van der Waals surface area contributed by atoms with Gasteiger partial charge in [-0.3, -0.25) is 0 Å². The largest absolute Gasteiger partial charge is 0.467 e. The lowest BCUT2D eigenvalue weighted by atomic mass is 10.1. The number of hydrogen-bond donors (Lipinski definition) is 2. The molecule has 2 atom stereocenters. The maximum Gasteiger partial charge on any atom is 0.132 e. The van der Waals surface area contributed by atoms with E-state index in [4.69, 9.17) is 4.42 Å². The highest BCUT2D eigenvalue weighted by Crippen LogP contribution is 2.18. The molecule has 0 amide bonds. The lowest BCUT2D eigenvalue weighted by Crippen LogP contribution is -2.28. The SMILES string of the molecule is C[C@@H](C[C@H](O)c1ccco1)NCc1cccn1C. The number of aryl methyl sites for hydroxylation is 1. The third-order valence-corrected chi connectivity index (χ3v) is 3.13. The number of aliphatic hydroxyl groups excluding tert-OH is 1. The summed E-state index contributed by atoms with van der Waals surface area (Å²) in [5.41, 5.74) is 1.23. The van der Waals surface area contributed by atoms with Gasteiger partial charge in [0, 0.05) is 31.5 Å². The molecule has 0 saturated carbocycles. The second-order valence-corrected chi connectivity index (χ2v) is 4.66. The van der Waals surface area contributed by atoms with E-state index >= 15 is 0 Å². The normalized spacial score (nSPS) is 14.6. The fourth-order valence-electron chi connectivity index (χ4n) is 1.97. The molecule has 2 N–H and O–H groups in total. The van der Waals surface area contributed by atoms with Crippen molar-refractivity contribution in [3.05, 3.63) is 48.2 Å². The summed E-state index contributed by atoms with van der Waals surface area (Å²) in [7, 11) is 2.03. The minimum Gasteiger partial charge on any atom is -0.467 e. The molecule has 2 aromatic rings. The Balaban J connectivity index is 1.79. The summed E-state index contributed by atoms with van der Waals surface area (Å²) in [4.78, 5) is 0. The molecule has 0 saturated heterocycles. The van der Waals surface area contributed by atoms with Gasteiger partial charge in [0.15, 0.2) is 0 Å². The monoisotopic (exact) mass is 248 g/mol. The van der Waals surface area contributed by atoms with Gasteiger partial charge in [0.1, 0.15) is 11.9 Å². The average Bonchev–Trinajstić information content (AvgIpc) is 2.97. The Morgan fingerprint density at radius 1 is 1.39 bits per heavy atom. The predicted molar refractivity (Wildman–Crippen MR) is 70.0 cm³/mol. The Morgan fingerprint density at radius 2 is 2.22 bits per heavy atom. The number of hydrogen-bond acceptors (Lipinski definition) is 3. The molecule has 0 spiro atoms. The molecule has 2 rings (SSSR count). The highest BCUT2D eigenvalue weighted by atomic mass is 16.4. The van der Waals surface area contributed by atoms with E-state index in [2.05, 4.69) is 22.9 Å². The van der Waals surface area contributed by atoms with E-state index in [-0.39, 0.29) is 6.04 Å². The third kappa shape index (κ3) is 3.24. The molecule has 2 aromatic heterocycles. The van der Waals surface area contributed by atoms with E-state index < -0.39 is 6.10 Å². The molecule has 0 aliphatic heterocycles. The van der Waals surface area contributed by atoms with Crippen LogP contribution < -0.4 is 5.32 Å². The summed E-state index contributed by atoms with van der Waals surface area (Å²) in [5, 5.41) is 13.3. The van der Waals surface area contributed by atoms with Crippen LogP contribution in [0.2, 0.25) is 0 Å². The smallest absolute Gasteiger partial charge is 0.132 e. The van der Waals surface area contributed by atoms with Crippen molar-refractivity contribution in [2.45, 2.75) is 32.0 Å². The van der Waals surface area contributed by atoms with Gasteiger partial charge in [0.2, 0.25) is 0 Å². The first-order valence-electron chi connectivity index (χ1n) is 6.22. The van der Waals surface area contributed by atoms with Crippen molar-refractivity contribution in [3.8, 4) is 0 Å². The summed E-state index contributed by atoms with van der Waals surface area (Å²) >= 11 is 0. The number of aliphatic hydroxyl groups is 1. The summed E-state index contributed by atoms with van der Waals surface area (Å²) in [6.07, 6.45) is 3.70. The van der Waals surface area contributed by atoms with E-state index in [1.54, 1.807) is 18.4 Å². The van der Waals surface area contributed by atoms with Crippen LogP contribution in [-0.2, 0) is 13.6 Å². The van der Waals surface area contributed by atoms with Gasteiger partial charge in [-0.05, 0) is 37.6 Å². The fourth-order valence-corrected chi connectivity index (χ4v) is 1.97. The van der Waals surface area contributed by atoms with Crippen LogP contribution in [0.3, 0.4) is 0 Å². The molecule has 0 aliphatic rings. The maximum absolute atomic E-state index is 9.95. The van der Waals surface area contributed by atoms with E-state index in [0.29, 0.717) is 12.2 Å². The van der Waals surface area contributed by atoms with Gasteiger partial charge in [-0.15, -0.1) is 0 Å². The lowest BCUT2D eigenvalue weighted by molar-refractivity contribution is 0.128. The first-order chi connectivity index (χ1) is 8.66. The predicted octanol–water partition coefficient (Wildman–Crippen LogP) is 2.22. The Hall–Kier alpha value is -1.52. The Kier molecular flexibility index (Phi) is 4.23. The second kappa shape index (κ2) is 5.89. The van der Waals surface area contributed by atoms with Gasteiger partial charge in [0.25, 0.3) is 0 Å². The van der Waals surface area contributed by atoms with E-state index in [9.17, 15) is 5.11 Å². The molecule has 4 nitrogen and oxygen atoms in total. The molecule has 0 aliphatic carbocycles. The van der Waals surface area contributed by atoms with Crippen LogP contribution in [-0.4, -0.2) is 15.7 Å². The second-order valence-electron chi connectivity index (χ2n) is 4.66. The van der Waals surface area contributed by atoms with Crippen molar-refractivity contribution in [1.29, 1.82) is 0 Å². The Morgan fingerprint density at radius 3 is 2.83 bits per heavy atom. The number of nitrogens with zero attached hydrogens (tertiary/aromatic N) is 1. The van der Waals surface area contributed by atoms with Crippen molar-refractivity contribution in [2.75, 3.05) is 0 Å². The number of aromatic nitrogens is 1. The standard InChI is InChI=1S/C14H20N2O2/c1-11(9-13(17)14-6-4-8-18-14)15-10-12-5-3-7-16(12)2/h3-8,11,13,15,17H,9-10H2,1-2H3/t11-,13-/m0/s1. The zero-order chi connectivity index (χ0) is 13.0. The van der Waals surface area contributed by atoms with Gasteiger partial charge >= 0.3 is 0 Å². The first kappa shape index (κ1) is 12.9. The molecule has 0 aromatic carbocycles. The lowest BCUT2D eigenvalue weighted by Gasteiger charge is -2.17. The minimum absolute atomic E-state index is 0.222. The van der Waals surface area contributed by atoms with Crippen LogP contribution in [0.15, 0.2) is 41.1 Å². The van der Waals surface area contributed by atoms with Crippen molar-refractivity contribution < 1.29 is 9.52 Å². The van der Waals surface area contributed by atoms with Gasteiger partial charge in [-0.1, -0.05) is 0 Å². The van der Waals surface area contributed by atoms with Crippen LogP contribution in [0.25, 0.3) is 0 Å². The molecular formula is C14H20N2O2. The zero-order valence-corrected chi connectivity index (χ0v) is 10.8. The molecule has 0 unspecified atom stereocenters. The molecule has 0 fully saturated rings. The van der Waals surface area contributed by atoms with Gasteiger partial charge in [-0.25, -0.2) is 0 Å².